The van der Waals surface area contributed by atoms with Gasteiger partial charge in [0.15, 0.2) is 0 Å². The van der Waals surface area contributed by atoms with E-state index in [2.05, 4.69) is 80.6 Å². The summed E-state index contributed by atoms with van der Waals surface area (Å²) in [5, 5.41) is 0. The van der Waals surface area contributed by atoms with Crippen LogP contribution in [0, 0.1) is 24.3 Å². The molecule has 0 fully saturated rings. The van der Waals surface area contributed by atoms with Gasteiger partial charge in [-0.05, 0) is 6.42 Å². The fourth-order valence-corrected chi connectivity index (χ4v) is 3.33. The molecule has 4 aromatic carbocycles. The standard InChI is InChI=1S/C13H9.C7H9.2C6H5.2ClH.H2Si.Ti/c1-3-7-12-10(5-1)9-11-6-2-4-8-13(11)12;1-6-4-3-5-7(6)2;2*1-2-4-6-5-3-1;;;;/h1-5,7-8H,9H2;4H,3H2,1-2H3;2*1-5H;2*1H;1H2;/q4*-1;;;;. The van der Waals surface area contributed by atoms with Crippen LogP contribution in [0.5, 0.6) is 0 Å². The van der Waals surface area contributed by atoms with Gasteiger partial charge < -0.3 is 0 Å². The molecule has 186 valence electrons. The molecule has 0 amide bonds. The summed E-state index contributed by atoms with van der Waals surface area (Å²) in [5.74, 6) is 0. The molecule has 0 unspecified atom stereocenters. The van der Waals surface area contributed by atoms with Gasteiger partial charge in [-0.2, -0.15) is 109 Å². The number of allylic oxidation sites excluding steroid dienone is 4. The summed E-state index contributed by atoms with van der Waals surface area (Å²) in [5.41, 5.74) is 8.22. The Labute approximate surface area is 243 Å². The minimum Gasteiger partial charge on any atom is -0.184 e. The van der Waals surface area contributed by atoms with Crippen molar-refractivity contribution in [2.24, 2.45) is 0 Å². The third kappa shape index (κ3) is 12.2. The van der Waals surface area contributed by atoms with Crippen LogP contribution in [0.4, 0.5) is 0 Å². The Morgan fingerprint density at radius 1 is 0.667 bits per heavy atom. The molecule has 0 aliphatic heterocycles. The van der Waals surface area contributed by atoms with Crippen molar-refractivity contribution in [3.63, 3.8) is 0 Å². The van der Waals surface area contributed by atoms with E-state index in [1.54, 1.807) is 0 Å². The summed E-state index contributed by atoms with van der Waals surface area (Å²) in [4.78, 5) is 0. The van der Waals surface area contributed by atoms with Gasteiger partial charge in [-0.15, -0.1) is 43.7 Å². The molecule has 0 radical (unpaired) electrons. The number of rotatable bonds is 0. The molecule has 0 heterocycles. The van der Waals surface area contributed by atoms with Gasteiger partial charge in [0, 0.05) is 0 Å². The third-order valence-corrected chi connectivity index (χ3v) is 5.20. The van der Waals surface area contributed by atoms with Crippen LogP contribution in [0.25, 0.3) is 11.1 Å². The van der Waals surface area contributed by atoms with E-state index in [1.165, 1.54) is 33.4 Å². The van der Waals surface area contributed by atoms with Gasteiger partial charge >= 0.3 is 26.8 Å². The second-order valence-corrected chi connectivity index (χ2v) is 7.44. The number of benzene rings is 4. The van der Waals surface area contributed by atoms with E-state index < -0.39 is 0 Å². The molecule has 2 aliphatic rings. The first-order chi connectivity index (χ1) is 16.8. The van der Waals surface area contributed by atoms with Gasteiger partial charge in [-0.3, -0.25) is 6.08 Å². The molecule has 2 aliphatic carbocycles. The van der Waals surface area contributed by atoms with E-state index in [4.69, 9.17) is 0 Å². The van der Waals surface area contributed by atoms with Crippen molar-refractivity contribution in [1.82, 2.24) is 0 Å². The van der Waals surface area contributed by atoms with Crippen LogP contribution < -0.4 is 0 Å². The van der Waals surface area contributed by atoms with Crippen LogP contribution in [-0.2, 0) is 25.6 Å². The molecule has 0 N–H and O–H groups in total. The zero-order valence-corrected chi connectivity index (χ0v) is 25.4. The van der Waals surface area contributed by atoms with Gasteiger partial charge in [0.2, 0.25) is 0 Å². The summed E-state index contributed by atoms with van der Waals surface area (Å²) in [7, 11) is 1.86. The zero-order valence-electron chi connectivity index (χ0n) is 20.8. The maximum absolute atomic E-state index is 3.30. The van der Waals surface area contributed by atoms with Gasteiger partial charge in [-0.1, -0.05) is 42.3 Å². The van der Waals surface area contributed by atoms with Crippen LogP contribution in [0.15, 0.2) is 120 Å². The topological polar surface area (TPSA) is 0 Å². The predicted molar refractivity (Wildman–Crippen MR) is 158 cm³/mol. The molecule has 0 saturated carbocycles. The van der Waals surface area contributed by atoms with Crippen LogP contribution in [-0.4, -0.2) is 7.63 Å². The maximum atomic E-state index is 3.30. The number of fused-ring (bicyclic) bond motifs is 3. The summed E-state index contributed by atoms with van der Waals surface area (Å²) >= 11 is 2.03. The molecule has 0 spiro atoms. The Morgan fingerprint density at radius 3 is 1.64 bits per heavy atom. The molecule has 4 heteroatoms. The maximum Gasteiger partial charge on any atom is -0.0253 e. The van der Waals surface area contributed by atoms with Crippen LogP contribution in [0.2, 0.25) is 0 Å². The first kappa shape index (κ1) is 33.9. The minimum absolute atomic E-state index is 0. The van der Waals surface area contributed by atoms with Crippen molar-refractivity contribution in [3.8, 4) is 11.1 Å². The summed E-state index contributed by atoms with van der Waals surface area (Å²) < 4.78 is 0. The SMILES string of the molecule is CC1=[C-]CC=C1C.Cl.Cl.[SiH2]=[Ti].[c-]1cccc2c1Cc1ccccc1-2.[c-]1ccccc1.[c-]1ccccc1. The van der Waals surface area contributed by atoms with Gasteiger partial charge in [-0.25, -0.2) is 11.1 Å². The van der Waals surface area contributed by atoms with E-state index in [0.29, 0.717) is 0 Å². The van der Waals surface area contributed by atoms with Gasteiger partial charge in [0.25, 0.3) is 0 Å². The third-order valence-electron chi connectivity index (χ3n) is 5.20. The predicted octanol–water partition coefficient (Wildman–Crippen LogP) is 8.04. The molecule has 0 aromatic heterocycles. The summed E-state index contributed by atoms with van der Waals surface area (Å²) in [6.45, 7) is 4.22. The van der Waals surface area contributed by atoms with E-state index in [0.717, 1.165) is 12.8 Å². The van der Waals surface area contributed by atoms with Crippen LogP contribution in [0.1, 0.15) is 31.4 Å². The number of hydrogen-bond donors (Lipinski definition) is 0. The largest absolute Gasteiger partial charge is 0.184 e. The molecule has 4 aromatic rings. The Balaban J connectivity index is 0.000000463. The number of halogens is 2. The van der Waals surface area contributed by atoms with E-state index >= 15 is 0 Å². The molecule has 36 heavy (non-hydrogen) atoms. The van der Waals surface area contributed by atoms with Crippen LogP contribution >= 0.6 is 24.8 Å². The number of hydrogen-bond acceptors (Lipinski definition) is 0. The van der Waals surface area contributed by atoms with Crippen LogP contribution in [0.3, 0.4) is 0 Å². The van der Waals surface area contributed by atoms with E-state index in [-0.39, 0.29) is 24.8 Å². The molecule has 0 saturated heterocycles. The molecule has 0 atom stereocenters. The average molecular weight is 563 g/mol. The van der Waals surface area contributed by atoms with Crippen molar-refractivity contribution < 1.29 is 19.2 Å². The Bertz CT molecular complexity index is 1010. The Hall–Kier alpha value is -2.13. The first-order valence-corrected chi connectivity index (χ1v) is 15.3. The fourth-order valence-electron chi connectivity index (χ4n) is 3.33. The summed E-state index contributed by atoms with van der Waals surface area (Å²) in [6, 6.07) is 43.1. The average Bonchev–Trinajstić information content (AvgIpc) is 3.50. The van der Waals surface area contributed by atoms with E-state index in [1.807, 2.05) is 93.5 Å². The monoisotopic (exact) mass is 562 g/mol. The Kier molecular flexibility index (Phi) is 19.8. The Morgan fingerprint density at radius 2 is 1.22 bits per heavy atom. The molecular weight excluding hydrogens is 531 g/mol. The van der Waals surface area contributed by atoms with E-state index in [9.17, 15) is 0 Å². The smallest absolute Gasteiger partial charge is 0.0253 e. The van der Waals surface area contributed by atoms with Crippen molar-refractivity contribution in [2.75, 3.05) is 0 Å². The van der Waals surface area contributed by atoms with Crippen molar-refractivity contribution in [2.45, 2.75) is 26.7 Å². The zero-order chi connectivity index (χ0) is 24.4. The molecule has 0 nitrogen and oxygen atoms in total. The van der Waals surface area contributed by atoms with Crippen molar-refractivity contribution in [1.29, 1.82) is 0 Å². The molecule has 6 rings (SSSR count). The second kappa shape index (κ2) is 21.0. The quantitative estimate of drug-likeness (QED) is 0.132. The molecule has 0 bridgehead atoms. The van der Waals surface area contributed by atoms with Gasteiger partial charge in [0.05, 0.1) is 0 Å². The second-order valence-electron chi connectivity index (χ2n) is 7.44. The van der Waals surface area contributed by atoms with Crippen molar-refractivity contribution in [3.05, 3.63) is 156 Å². The fraction of sp³-hybridized carbons (Fsp3) is 0.125. The summed E-state index contributed by atoms with van der Waals surface area (Å²) in [6.07, 6.45) is 7.46. The van der Waals surface area contributed by atoms with Gasteiger partial charge in [0.1, 0.15) is 0 Å². The van der Waals surface area contributed by atoms with Crippen molar-refractivity contribution >= 4 is 32.4 Å². The molecular formula is C32H32Cl2SiTi-4. The normalized spacial score (nSPS) is 10.9. The minimum atomic E-state index is 0. The first-order valence-electron chi connectivity index (χ1n) is 11.3.